The third-order valence-corrected chi connectivity index (χ3v) is 5.45. The van der Waals surface area contributed by atoms with Gasteiger partial charge in [0, 0.05) is 0 Å². The molecule has 1 N–H and O–H groups in total. The quantitative estimate of drug-likeness (QED) is 0.752. The lowest BCUT2D eigenvalue weighted by Crippen LogP contribution is -2.41. The highest BCUT2D eigenvalue weighted by molar-refractivity contribution is 7.92. The Kier molecular flexibility index (Phi) is 6.85. The van der Waals surface area contributed by atoms with Crippen LogP contribution in [-0.4, -0.2) is 34.2 Å². The molecule has 0 radical (unpaired) electrons. The molecule has 2 rings (SSSR count). The Hall–Kier alpha value is -2.54. The number of nitrogens with zero attached hydrogens (tertiary/aromatic N) is 1. The lowest BCUT2D eigenvalue weighted by atomic mass is 10.1. The molecule has 2 aromatic rings. The van der Waals surface area contributed by atoms with Crippen LogP contribution in [0.15, 0.2) is 48.5 Å². The minimum atomic E-state index is -3.59. The number of amides is 1. The summed E-state index contributed by atoms with van der Waals surface area (Å²) in [5.74, 6) is 0.361. The standard InChI is InChI=1S/C20H26N2O4S/c1-5-16-6-10-18(11-7-16)22(27(4,24)25)14-20(23)21-15(2)17-8-12-19(26-3)13-9-17/h6-13,15H,5,14H2,1-4H3,(H,21,23)/t15-/m1/s1. The number of methoxy groups -OCH3 is 1. The molecule has 6 nitrogen and oxygen atoms in total. The second-order valence-corrected chi connectivity index (χ2v) is 8.26. The molecule has 0 bridgehead atoms. The van der Waals surface area contributed by atoms with Crippen molar-refractivity contribution in [2.24, 2.45) is 0 Å². The smallest absolute Gasteiger partial charge is 0.241 e. The Balaban J connectivity index is 2.10. The zero-order valence-electron chi connectivity index (χ0n) is 16.1. The van der Waals surface area contributed by atoms with Crippen LogP contribution in [0.3, 0.4) is 0 Å². The van der Waals surface area contributed by atoms with Crippen LogP contribution in [0.25, 0.3) is 0 Å². The predicted octanol–water partition coefficient (Wildman–Crippen LogP) is 2.90. The highest BCUT2D eigenvalue weighted by Crippen LogP contribution is 2.20. The number of nitrogens with one attached hydrogen (secondary N) is 1. The lowest BCUT2D eigenvalue weighted by molar-refractivity contribution is -0.120. The number of rotatable bonds is 8. The molecular formula is C20H26N2O4S. The van der Waals surface area contributed by atoms with E-state index in [1.54, 1.807) is 19.2 Å². The highest BCUT2D eigenvalue weighted by atomic mass is 32.2. The molecule has 1 atom stereocenters. The zero-order chi connectivity index (χ0) is 20.0. The van der Waals surface area contributed by atoms with Gasteiger partial charge < -0.3 is 10.1 Å². The molecule has 1 amide bonds. The summed E-state index contributed by atoms with van der Waals surface area (Å²) < 4.78 is 30.6. The fourth-order valence-corrected chi connectivity index (χ4v) is 3.55. The van der Waals surface area contributed by atoms with Gasteiger partial charge in [-0.1, -0.05) is 31.2 Å². The topological polar surface area (TPSA) is 75.7 Å². The maximum absolute atomic E-state index is 12.5. The van der Waals surface area contributed by atoms with Crippen molar-refractivity contribution in [2.45, 2.75) is 26.3 Å². The van der Waals surface area contributed by atoms with Gasteiger partial charge in [-0.3, -0.25) is 9.10 Å². The molecule has 0 aliphatic heterocycles. The largest absolute Gasteiger partial charge is 0.497 e. The van der Waals surface area contributed by atoms with E-state index in [9.17, 15) is 13.2 Å². The molecule has 2 aromatic carbocycles. The number of ether oxygens (including phenoxy) is 1. The molecule has 0 fully saturated rings. The third kappa shape index (κ3) is 5.72. The van der Waals surface area contributed by atoms with Crippen LogP contribution in [-0.2, 0) is 21.2 Å². The molecule has 0 saturated carbocycles. The van der Waals surface area contributed by atoms with Crippen molar-refractivity contribution in [2.75, 3.05) is 24.2 Å². The first-order valence-electron chi connectivity index (χ1n) is 8.74. The van der Waals surface area contributed by atoms with Crippen LogP contribution < -0.4 is 14.4 Å². The number of hydrogen-bond donors (Lipinski definition) is 1. The second-order valence-electron chi connectivity index (χ2n) is 6.35. The van der Waals surface area contributed by atoms with Crippen LogP contribution in [0, 0.1) is 0 Å². The van der Waals surface area contributed by atoms with Gasteiger partial charge in [-0.15, -0.1) is 0 Å². The van der Waals surface area contributed by atoms with Crippen molar-refractivity contribution < 1.29 is 17.9 Å². The van der Waals surface area contributed by atoms with E-state index in [2.05, 4.69) is 5.32 Å². The third-order valence-electron chi connectivity index (χ3n) is 4.31. The molecule has 0 aliphatic rings. The highest BCUT2D eigenvalue weighted by Gasteiger charge is 2.21. The van der Waals surface area contributed by atoms with E-state index >= 15 is 0 Å². The van der Waals surface area contributed by atoms with E-state index in [-0.39, 0.29) is 18.5 Å². The molecule has 146 valence electrons. The number of sulfonamides is 1. The van der Waals surface area contributed by atoms with Gasteiger partial charge in [0.1, 0.15) is 12.3 Å². The normalized spacial score (nSPS) is 12.3. The summed E-state index contributed by atoms with van der Waals surface area (Å²) in [5.41, 5.74) is 2.48. The van der Waals surface area contributed by atoms with Crippen molar-refractivity contribution >= 4 is 21.6 Å². The molecule has 0 aliphatic carbocycles. The van der Waals surface area contributed by atoms with Gasteiger partial charge in [0.15, 0.2) is 0 Å². The first-order valence-corrected chi connectivity index (χ1v) is 10.6. The summed E-state index contributed by atoms with van der Waals surface area (Å²) in [6.45, 7) is 3.60. The number of carbonyl (C=O) groups is 1. The van der Waals surface area contributed by atoms with Crippen molar-refractivity contribution in [3.63, 3.8) is 0 Å². The minimum absolute atomic E-state index is 0.257. The van der Waals surface area contributed by atoms with Crippen molar-refractivity contribution in [1.29, 1.82) is 0 Å². The van der Waals surface area contributed by atoms with Gasteiger partial charge in [-0.2, -0.15) is 0 Å². The Bertz CT molecular complexity index is 862. The van der Waals surface area contributed by atoms with Crippen molar-refractivity contribution in [3.8, 4) is 5.75 Å². The molecule has 0 spiro atoms. The summed E-state index contributed by atoms with van der Waals surface area (Å²) in [5, 5.41) is 2.84. The Morgan fingerprint density at radius 2 is 1.70 bits per heavy atom. The van der Waals surface area contributed by atoms with Crippen LogP contribution in [0.5, 0.6) is 5.75 Å². The van der Waals surface area contributed by atoms with Crippen molar-refractivity contribution in [3.05, 3.63) is 59.7 Å². The van der Waals surface area contributed by atoms with Gasteiger partial charge in [0.05, 0.1) is 25.1 Å². The number of aryl methyl sites for hydroxylation is 1. The van der Waals surface area contributed by atoms with E-state index in [1.807, 2.05) is 50.2 Å². The van der Waals surface area contributed by atoms with Gasteiger partial charge >= 0.3 is 0 Å². The molecule has 0 saturated heterocycles. The summed E-state index contributed by atoms with van der Waals surface area (Å²) in [6, 6.07) is 14.3. The van der Waals surface area contributed by atoms with Crippen LogP contribution in [0.2, 0.25) is 0 Å². The first-order chi connectivity index (χ1) is 12.7. The monoisotopic (exact) mass is 390 g/mol. The van der Waals surface area contributed by atoms with Gasteiger partial charge in [0.25, 0.3) is 0 Å². The van der Waals surface area contributed by atoms with E-state index in [0.29, 0.717) is 5.69 Å². The van der Waals surface area contributed by atoms with E-state index in [1.165, 1.54) is 0 Å². The average Bonchev–Trinajstić information content (AvgIpc) is 2.65. The summed E-state index contributed by atoms with van der Waals surface area (Å²) in [7, 11) is -2.00. The number of hydrogen-bond acceptors (Lipinski definition) is 4. The second kappa shape index (κ2) is 8.90. The fourth-order valence-electron chi connectivity index (χ4n) is 2.69. The van der Waals surface area contributed by atoms with Gasteiger partial charge in [-0.25, -0.2) is 8.42 Å². The van der Waals surface area contributed by atoms with E-state index < -0.39 is 10.0 Å². The van der Waals surface area contributed by atoms with E-state index in [4.69, 9.17) is 4.74 Å². The predicted molar refractivity (Wildman–Crippen MR) is 108 cm³/mol. The molecule has 0 heterocycles. The molecule has 7 heteroatoms. The van der Waals surface area contributed by atoms with Crippen LogP contribution in [0.4, 0.5) is 5.69 Å². The van der Waals surface area contributed by atoms with Crippen LogP contribution in [0.1, 0.15) is 31.0 Å². The molecule has 0 unspecified atom stereocenters. The lowest BCUT2D eigenvalue weighted by Gasteiger charge is -2.23. The van der Waals surface area contributed by atoms with Crippen LogP contribution >= 0.6 is 0 Å². The number of benzene rings is 2. The number of anilines is 1. The SMILES string of the molecule is CCc1ccc(N(CC(=O)N[C@H](C)c2ccc(OC)cc2)S(C)(=O)=O)cc1. The summed E-state index contributed by atoms with van der Waals surface area (Å²) in [4.78, 5) is 12.5. The Morgan fingerprint density at radius 1 is 1.11 bits per heavy atom. The Labute approximate surface area is 161 Å². The summed E-state index contributed by atoms with van der Waals surface area (Å²) >= 11 is 0. The molecule has 27 heavy (non-hydrogen) atoms. The Morgan fingerprint density at radius 3 is 2.19 bits per heavy atom. The first kappa shape index (κ1) is 20.8. The maximum Gasteiger partial charge on any atom is 0.241 e. The number of carbonyl (C=O) groups excluding carboxylic acids is 1. The summed E-state index contributed by atoms with van der Waals surface area (Å²) in [6.07, 6.45) is 1.96. The van der Waals surface area contributed by atoms with Gasteiger partial charge in [0.2, 0.25) is 15.9 Å². The van der Waals surface area contributed by atoms with Crippen molar-refractivity contribution in [1.82, 2.24) is 5.32 Å². The van der Waals surface area contributed by atoms with Gasteiger partial charge in [-0.05, 0) is 48.7 Å². The molecule has 0 aromatic heterocycles. The maximum atomic E-state index is 12.5. The van der Waals surface area contributed by atoms with E-state index in [0.717, 1.165) is 33.9 Å². The molecular weight excluding hydrogens is 364 g/mol. The fraction of sp³-hybridized carbons (Fsp3) is 0.350. The zero-order valence-corrected chi connectivity index (χ0v) is 16.9. The minimum Gasteiger partial charge on any atom is -0.497 e. The average molecular weight is 391 g/mol.